The number of ether oxygens (including phenoxy) is 1. The zero-order chi connectivity index (χ0) is 14.1. The van der Waals surface area contributed by atoms with Gasteiger partial charge in [-0.2, -0.15) is 11.8 Å². The summed E-state index contributed by atoms with van der Waals surface area (Å²) in [4.78, 5) is 11.7. The lowest BCUT2D eigenvalue weighted by molar-refractivity contribution is 0.0378. The second-order valence-corrected chi connectivity index (χ2v) is 5.80. The van der Waals surface area contributed by atoms with Crippen LogP contribution in [0.4, 0.5) is 0 Å². The third-order valence-corrected chi connectivity index (χ3v) is 3.66. The SMILES string of the molecule is CC(C)OC(=O)c1ccc(CSCCCCN)cc1. The fourth-order valence-electron chi connectivity index (χ4n) is 1.56. The normalized spacial score (nSPS) is 10.7. The van der Waals surface area contributed by atoms with Gasteiger partial charge in [0, 0.05) is 5.75 Å². The molecule has 0 aliphatic rings. The first-order valence-electron chi connectivity index (χ1n) is 6.71. The van der Waals surface area contributed by atoms with Crippen LogP contribution >= 0.6 is 11.8 Å². The summed E-state index contributed by atoms with van der Waals surface area (Å²) in [7, 11) is 0. The number of nitrogens with two attached hydrogens (primary N) is 1. The Kier molecular flexibility index (Phi) is 7.60. The highest BCUT2D eigenvalue weighted by Crippen LogP contribution is 2.15. The number of carbonyl (C=O) groups excluding carboxylic acids is 1. The average Bonchev–Trinajstić information content (AvgIpc) is 2.38. The molecule has 0 aromatic heterocycles. The molecule has 0 atom stereocenters. The number of hydrogen-bond acceptors (Lipinski definition) is 4. The van der Waals surface area contributed by atoms with Crippen LogP contribution in [0.5, 0.6) is 0 Å². The molecule has 4 heteroatoms. The molecule has 0 spiro atoms. The molecule has 0 saturated heterocycles. The van der Waals surface area contributed by atoms with Gasteiger partial charge in [0.2, 0.25) is 0 Å². The van der Waals surface area contributed by atoms with Crippen molar-refractivity contribution in [3.05, 3.63) is 35.4 Å². The van der Waals surface area contributed by atoms with Gasteiger partial charge in [0.25, 0.3) is 0 Å². The third kappa shape index (κ3) is 6.64. The van der Waals surface area contributed by atoms with Crippen molar-refractivity contribution < 1.29 is 9.53 Å². The molecule has 106 valence electrons. The minimum absolute atomic E-state index is 0.0784. The average molecular weight is 281 g/mol. The number of benzene rings is 1. The molecule has 0 bridgehead atoms. The standard InChI is InChI=1S/C15H23NO2S/c1-12(2)18-15(17)14-7-5-13(6-8-14)11-19-10-4-3-9-16/h5-8,12H,3-4,9-11,16H2,1-2H3. The van der Waals surface area contributed by atoms with Crippen LogP contribution in [0.15, 0.2) is 24.3 Å². The van der Waals surface area contributed by atoms with Gasteiger partial charge in [0.05, 0.1) is 11.7 Å². The minimum atomic E-state index is -0.253. The van der Waals surface area contributed by atoms with Crippen LogP contribution in [0.1, 0.15) is 42.6 Å². The highest BCUT2D eigenvalue weighted by atomic mass is 32.2. The highest BCUT2D eigenvalue weighted by Gasteiger charge is 2.08. The second-order valence-electron chi connectivity index (χ2n) is 4.70. The zero-order valence-corrected chi connectivity index (χ0v) is 12.5. The van der Waals surface area contributed by atoms with Gasteiger partial charge in [-0.05, 0) is 56.7 Å². The molecule has 1 aromatic rings. The summed E-state index contributed by atoms with van der Waals surface area (Å²) in [5.74, 6) is 1.86. The maximum Gasteiger partial charge on any atom is 0.338 e. The fourth-order valence-corrected chi connectivity index (χ4v) is 2.54. The molecule has 0 amide bonds. The molecule has 0 fully saturated rings. The molecule has 3 nitrogen and oxygen atoms in total. The van der Waals surface area contributed by atoms with Crippen LogP contribution in [-0.4, -0.2) is 24.4 Å². The summed E-state index contributed by atoms with van der Waals surface area (Å²) in [6.07, 6.45) is 2.18. The Balaban J connectivity index is 2.37. The molecule has 19 heavy (non-hydrogen) atoms. The number of carbonyl (C=O) groups is 1. The Morgan fingerprint density at radius 3 is 2.53 bits per heavy atom. The van der Waals surface area contributed by atoms with Gasteiger partial charge in [0.1, 0.15) is 0 Å². The summed E-state index contributed by atoms with van der Waals surface area (Å²) in [6, 6.07) is 7.65. The van der Waals surface area contributed by atoms with Crippen LogP contribution in [-0.2, 0) is 10.5 Å². The van der Waals surface area contributed by atoms with E-state index in [2.05, 4.69) is 0 Å². The molecule has 1 rings (SSSR count). The van der Waals surface area contributed by atoms with E-state index in [1.165, 1.54) is 12.0 Å². The van der Waals surface area contributed by atoms with E-state index in [1.807, 2.05) is 49.9 Å². The van der Waals surface area contributed by atoms with E-state index in [-0.39, 0.29) is 12.1 Å². The first-order chi connectivity index (χ1) is 9.13. The number of hydrogen-bond donors (Lipinski definition) is 1. The summed E-state index contributed by atoms with van der Waals surface area (Å²) < 4.78 is 5.15. The molecule has 1 aromatic carbocycles. The van der Waals surface area contributed by atoms with Crippen LogP contribution in [0.25, 0.3) is 0 Å². The largest absolute Gasteiger partial charge is 0.459 e. The lowest BCUT2D eigenvalue weighted by atomic mass is 10.1. The summed E-state index contributed by atoms with van der Waals surface area (Å²) >= 11 is 1.90. The quantitative estimate of drug-likeness (QED) is 0.587. The summed E-state index contributed by atoms with van der Waals surface area (Å²) in [5.41, 5.74) is 7.30. The molecule has 0 aliphatic heterocycles. The Bertz CT molecular complexity index is 376. The predicted octanol–water partition coefficient (Wildman–Crippen LogP) is 3.22. The van der Waals surface area contributed by atoms with E-state index >= 15 is 0 Å². The summed E-state index contributed by atoms with van der Waals surface area (Å²) in [5, 5.41) is 0. The van der Waals surface area contributed by atoms with E-state index in [0.717, 1.165) is 24.5 Å². The van der Waals surface area contributed by atoms with Gasteiger partial charge in [0.15, 0.2) is 0 Å². The van der Waals surface area contributed by atoms with Gasteiger partial charge in [-0.1, -0.05) is 12.1 Å². The lowest BCUT2D eigenvalue weighted by Crippen LogP contribution is -2.11. The van der Waals surface area contributed by atoms with Crippen LogP contribution in [0.2, 0.25) is 0 Å². The predicted molar refractivity (Wildman–Crippen MR) is 81.4 cm³/mol. The van der Waals surface area contributed by atoms with Crippen molar-refractivity contribution in [1.82, 2.24) is 0 Å². The Morgan fingerprint density at radius 2 is 1.95 bits per heavy atom. The first kappa shape index (κ1) is 16.1. The van der Waals surface area contributed by atoms with Crippen molar-refractivity contribution >= 4 is 17.7 Å². The molecule has 0 saturated carbocycles. The Morgan fingerprint density at radius 1 is 1.26 bits per heavy atom. The van der Waals surface area contributed by atoms with Crippen LogP contribution in [0, 0.1) is 0 Å². The molecule has 0 radical (unpaired) electrons. The van der Waals surface area contributed by atoms with Gasteiger partial charge < -0.3 is 10.5 Å². The molecule has 0 aliphatic carbocycles. The second kappa shape index (κ2) is 8.99. The number of unbranched alkanes of at least 4 members (excludes halogenated alkanes) is 1. The lowest BCUT2D eigenvalue weighted by Gasteiger charge is -2.08. The van der Waals surface area contributed by atoms with E-state index < -0.39 is 0 Å². The van der Waals surface area contributed by atoms with Gasteiger partial charge in [-0.3, -0.25) is 0 Å². The highest BCUT2D eigenvalue weighted by molar-refractivity contribution is 7.98. The molecule has 0 unspecified atom stereocenters. The first-order valence-corrected chi connectivity index (χ1v) is 7.86. The molecule has 0 heterocycles. The Hall–Kier alpha value is -1.00. The van der Waals surface area contributed by atoms with Gasteiger partial charge >= 0.3 is 5.97 Å². The third-order valence-electron chi connectivity index (χ3n) is 2.54. The monoisotopic (exact) mass is 281 g/mol. The van der Waals surface area contributed by atoms with Crippen molar-refractivity contribution in [2.24, 2.45) is 5.73 Å². The molecular formula is C15H23NO2S. The maximum absolute atomic E-state index is 11.7. The topological polar surface area (TPSA) is 52.3 Å². The molecule has 2 N–H and O–H groups in total. The van der Waals surface area contributed by atoms with E-state index in [0.29, 0.717) is 5.56 Å². The van der Waals surface area contributed by atoms with E-state index in [9.17, 15) is 4.79 Å². The molecular weight excluding hydrogens is 258 g/mol. The van der Waals surface area contributed by atoms with Crippen molar-refractivity contribution in [1.29, 1.82) is 0 Å². The van der Waals surface area contributed by atoms with E-state index in [1.54, 1.807) is 0 Å². The van der Waals surface area contributed by atoms with Gasteiger partial charge in [-0.25, -0.2) is 4.79 Å². The van der Waals surface area contributed by atoms with Crippen LogP contribution in [0.3, 0.4) is 0 Å². The van der Waals surface area contributed by atoms with Crippen molar-refractivity contribution in [2.45, 2.75) is 38.5 Å². The van der Waals surface area contributed by atoms with Gasteiger partial charge in [-0.15, -0.1) is 0 Å². The number of rotatable bonds is 8. The van der Waals surface area contributed by atoms with Crippen molar-refractivity contribution in [3.63, 3.8) is 0 Å². The van der Waals surface area contributed by atoms with Crippen molar-refractivity contribution in [3.8, 4) is 0 Å². The maximum atomic E-state index is 11.7. The summed E-state index contributed by atoms with van der Waals surface area (Å²) in [6.45, 7) is 4.47. The fraction of sp³-hybridized carbons (Fsp3) is 0.533. The Labute approximate surface area is 119 Å². The van der Waals surface area contributed by atoms with Crippen molar-refractivity contribution in [2.75, 3.05) is 12.3 Å². The minimum Gasteiger partial charge on any atom is -0.459 e. The number of esters is 1. The van der Waals surface area contributed by atoms with E-state index in [4.69, 9.17) is 10.5 Å². The number of thioether (sulfide) groups is 1. The smallest absolute Gasteiger partial charge is 0.338 e. The van der Waals surface area contributed by atoms with Crippen LogP contribution < -0.4 is 5.73 Å². The zero-order valence-electron chi connectivity index (χ0n) is 11.7.